The number of aryl methyl sites for hydroxylation is 1. The van der Waals surface area contributed by atoms with Gasteiger partial charge in [-0.1, -0.05) is 40.2 Å². The van der Waals surface area contributed by atoms with Gasteiger partial charge in [-0.05, 0) is 68.6 Å². The SMILES string of the molecule is CC(C)CCCC(C)Oc1ccc(CCC(N)(CO)CC(C)C)cc1O. The van der Waals surface area contributed by atoms with Crippen molar-refractivity contribution in [2.75, 3.05) is 6.61 Å². The van der Waals surface area contributed by atoms with Gasteiger partial charge in [0, 0.05) is 5.54 Å². The van der Waals surface area contributed by atoms with Gasteiger partial charge in [0.2, 0.25) is 0 Å². The van der Waals surface area contributed by atoms with E-state index >= 15 is 0 Å². The summed E-state index contributed by atoms with van der Waals surface area (Å²) in [7, 11) is 0. The minimum Gasteiger partial charge on any atom is -0.504 e. The molecule has 0 spiro atoms. The fourth-order valence-electron chi connectivity index (χ4n) is 3.36. The summed E-state index contributed by atoms with van der Waals surface area (Å²) in [6, 6.07) is 5.57. The third-order valence-electron chi connectivity index (χ3n) is 4.78. The number of nitrogens with two attached hydrogens (primary N) is 1. The number of aliphatic hydroxyl groups excluding tert-OH is 1. The molecule has 1 rings (SSSR count). The average molecular weight is 366 g/mol. The van der Waals surface area contributed by atoms with Crippen LogP contribution < -0.4 is 10.5 Å². The van der Waals surface area contributed by atoms with E-state index in [2.05, 4.69) is 27.7 Å². The molecule has 0 aromatic heterocycles. The first-order valence-electron chi connectivity index (χ1n) is 10.0. The number of aromatic hydroxyl groups is 1. The van der Waals surface area contributed by atoms with Crippen molar-refractivity contribution < 1.29 is 14.9 Å². The van der Waals surface area contributed by atoms with Crippen molar-refractivity contribution in [2.45, 2.75) is 84.8 Å². The van der Waals surface area contributed by atoms with Crippen molar-refractivity contribution in [1.29, 1.82) is 0 Å². The summed E-state index contributed by atoms with van der Waals surface area (Å²) in [5.74, 6) is 1.86. The first kappa shape index (κ1) is 22.8. The molecule has 4 heteroatoms. The summed E-state index contributed by atoms with van der Waals surface area (Å²) in [4.78, 5) is 0. The summed E-state index contributed by atoms with van der Waals surface area (Å²) < 4.78 is 5.89. The predicted octanol–water partition coefficient (Wildman–Crippen LogP) is 4.65. The molecule has 26 heavy (non-hydrogen) atoms. The third kappa shape index (κ3) is 8.41. The van der Waals surface area contributed by atoms with Gasteiger partial charge >= 0.3 is 0 Å². The molecule has 1 aromatic carbocycles. The first-order valence-corrected chi connectivity index (χ1v) is 10.0. The molecule has 0 heterocycles. The highest BCUT2D eigenvalue weighted by molar-refractivity contribution is 5.42. The van der Waals surface area contributed by atoms with Crippen LogP contribution in [0.2, 0.25) is 0 Å². The fourth-order valence-corrected chi connectivity index (χ4v) is 3.36. The van der Waals surface area contributed by atoms with E-state index in [0.29, 0.717) is 24.0 Å². The smallest absolute Gasteiger partial charge is 0.161 e. The van der Waals surface area contributed by atoms with Crippen LogP contribution in [0.1, 0.15) is 72.3 Å². The maximum atomic E-state index is 10.3. The number of rotatable bonds is 12. The van der Waals surface area contributed by atoms with Crippen LogP contribution in [0.4, 0.5) is 0 Å². The molecule has 2 unspecified atom stereocenters. The number of hydrogen-bond donors (Lipinski definition) is 3. The minimum absolute atomic E-state index is 0.0216. The van der Waals surface area contributed by atoms with Gasteiger partial charge in [0.1, 0.15) is 0 Å². The van der Waals surface area contributed by atoms with Crippen LogP contribution >= 0.6 is 0 Å². The summed E-state index contributed by atoms with van der Waals surface area (Å²) in [6.07, 6.45) is 5.59. The Morgan fingerprint density at radius 1 is 1.08 bits per heavy atom. The zero-order chi connectivity index (χ0) is 19.7. The number of phenols is 1. The van der Waals surface area contributed by atoms with Gasteiger partial charge in [0.05, 0.1) is 12.7 Å². The highest BCUT2D eigenvalue weighted by Gasteiger charge is 2.25. The molecule has 0 fully saturated rings. The number of hydrogen-bond acceptors (Lipinski definition) is 4. The van der Waals surface area contributed by atoms with Gasteiger partial charge < -0.3 is 20.7 Å². The van der Waals surface area contributed by atoms with E-state index in [1.165, 1.54) is 6.42 Å². The van der Waals surface area contributed by atoms with E-state index in [1.54, 1.807) is 6.07 Å². The first-order chi connectivity index (χ1) is 12.1. The molecule has 0 aliphatic rings. The lowest BCUT2D eigenvalue weighted by Crippen LogP contribution is -2.45. The molecule has 0 saturated carbocycles. The van der Waals surface area contributed by atoms with E-state index in [-0.39, 0.29) is 18.5 Å². The highest BCUT2D eigenvalue weighted by Crippen LogP contribution is 2.30. The molecule has 0 radical (unpaired) electrons. The van der Waals surface area contributed by atoms with Crippen molar-refractivity contribution in [3.63, 3.8) is 0 Å². The Hall–Kier alpha value is -1.26. The summed E-state index contributed by atoms with van der Waals surface area (Å²) in [6.45, 7) is 10.7. The standard InChI is InChI=1S/C22H39NO3/c1-16(2)7-6-8-18(5)26-21-10-9-19(13-20(21)25)11-12-22(23,15-24)14-17(3)4/h9-10,13,16-18,24-25H,6-8,11-12,14-15,23H2,1-5H3. The second kappa shape index (κ2) is 10.8. The molecule has 1 aromatic rings. The molecule has 4 N–H and O–H groups in total. The Morgan fingerprint density at radius 2 is 1.77 bits per heavy atom. The third-order valence-corrected chi connectivity index (χ3v) is 4.78. The zero-order valence-corrected chi connectivity index (χ0v) is 17.3. The lowest BCUT2D eigenvalue weighted by atomic mass is 9.85. The van der Waals surface area contributed by atoms with E-state index in [0.717, 1.165) is 31.2 Å². The van der Waals surface area contributed by atoms with E-state index in [1.807, 2.05) is 19.1 Å². The zero-order valence-electron chi connectivity index (χ0n) is 17.3. The maximum absolute atomic E-state index is 10.3. The molecular weight excluding hydrogens is 326 g/mol. The Labute approximate surface area is 159 Å². The van der Waals surface area contributed by atoms with Crippen molar-refractivity contribution >= 4 is 0 Å². The van der Waals surface area contributed by atoms with Crippen molar-refractivity contribution in [3.8, 4) is 11.5 Å². The second-order valence-corrected chi connectivity index (χ2v) is 8.67. The molecule has 0 saturated heterocycles. The van der Waals surface area contributed by atoms with Gasteiger partial charge in [0.15, 0.2) is 11.5 Å². The van der Waals surface area contributed by atoms with Crippen LogP contribution in [0.25, 0.3) is 0 Å². The maximum Gasteiger partial charge on any atom is 0.161 e. The summed E-state index contributed by atoms with van der Waals surface area (Å²) in [5.41, 5.74) is 6.75. The number of benzene rings is 1. The predicted molar refractivity (Wildman–Crippen MR) is 109 cm³/mol. The molecule has 0 bridgehead atoms. The van der Waals surface area contributed by atoms with Crippen molar-refractivity contribution in [2.24, 2.45) is 17.6 Å². The Balaban J connectivity index is 2.58. The summed E-state index contributed by atoms with van der Waals surface area (Å²) in [5, 5.41) is 19.9. The lowest BCUT2D eigenvalue weighted by Gasteiger charge is -2.29. The largest absolute Gasteiger partial charge is 0.504 e. The second-order valence-electron chi connectivity index (χ2n) is 8.67. The summed E-state index contributed by atoms with van der Waals surface area (Å²) >= 11 is 0. The quantitative estimate of drug-likeness (QED) is 0.504. The molecule has 0 aliphatic carbocycles. The van der Waals surface area contributed by atoms with Gasteiger partial charge in [-0.25, -0.2) is 0 Å². The lowest BCUT2D eigenvalue weighted by molar-refractivity contribution is 0.165. The molecule has 0 aliphatic heterocycles. The fraction of sp³-hybridized carbons (Fsp3) is 0.727. The van der Waals surface area contributed by atoms with E-state index in [4.69, 9.17) is 10.5 Å². The monoisotopic (exact) mass is 365 g/mol. The Kier molecular flexibility index (Phi) is 9.45. The number of ether oxygens (including phenoxy) is 1. The van der Waals surface area contributed by atoms with Crippen LogP contribution in [0.3, 0.4) is 0 Å². The van der Waals surface area contributed by atoms with Crippen LogP contribution in [0, 0.1) is 11.8 Å². The molecule has 2 atom stereocenters. The van der Waals surface area contributed by atoms with Crippen LogP contribution in [0.15, 0.2) is 18.2 Å². The van der Waals surface area contributed by atoms with Crippen LogP contribution in [0.5, 0.6) is 11.5 Å². The molecule has 4 nitrogen and oxygen atoms in total. The number of aliphatic hydroxyl groups is 1. The van der Waals surface area contributed by atoms with Gasteiger partial charge in [-0.3, -0.25) is 0 Å². The van der Waals surface area contributed by atoms with E-state index < -0.39 is 5.54 Å². The van der Waals surface area contributed by atoms with Crippen molar-refractivity contribution in [3.05, 3.63) is 23.8 Å². The number of phenolic OH excluding ortho intramolecular Hbond substituents is 1. The highest BCUT2D eigenvalue weighted by atomic mass is 16.5. The van der Waals surface area contributed by atoms with Crippen molar-refractivity contribution in [1.82, 2.24) is 0 Å². The Bertz CT molecular complexity index is 530. The Morgan fingerprint density at radius 3 is 2.31 bits per heavy atom. The average Bonchev–Trinajstić information content (AvgIpc) is 2.54. The molecular formula is C22H39NO3. The molecule has 0 amide bonds. The molecule has 150 valence electrons. The minimum atomic E-state index is -0.566. The van der Waals surface area contributed by atoms with Gasteiger partial charge in [0.25, 0.3) is 0 Å². The van der Waals surface area contributed by atoms with Gasteiger partial charge in [-0.2, -0.15) is 0 Å². The van der Waals surface area contributed by atoms with Crippen LogP contribution in [-0.4, -0.2) is 28.5 Å². The van der Waals surface area contributed by atoms with Gasteiger partial charge in [-0.15, -0.1) is 0 Å². The van der Waals surface area contributed by atoms with Crippen LogP contribution in [-0.2, 0) is 6.42 Å². The topological polar surface area (TPSA) is 75.7 Å². The van der Waals surface area contributed by atoms with E-state index in [9.17, 15) is 10.2 Å². The normalized spacial score (nSPS) is 15.3.